The summed E-state index contributed by atoms with van der Waals surface area (Å²) in [6, 6.07) is 8.16. The number of aromatic nitrogens is 1. The van der Waals surface area contributed by atoms with Gasteiger partial charge in [-0.05, 0) is 39.0 Å². The second-order valence-corrected chi connectivity index (χ2v) is 6.64. The highest BCUT2D eigenvalue weighted by molar-refractivity contribution is 6.06. The molecule has 1 aliphatic heterocycles. The van der Waals surface area contributed by atoms with Crippen LogP contribution < -0.4 is 5.32 Å². The summed E-state index contributed by atoms with van der Waals surface area (Å²) in [7, 11) is 0. The van der Waals surface area contributed by atoms with E-state index in [0.717, 1.165) is 0 Å². The third-order valence-corrected chi connectivity index (χ3v) is 3.85. The molecule has 8 heteroatoms. The molecule has 26 heavy (non-hydrogen) atoms. The summed E-state index contributed by atoms with van der Waals surface area (Å²) in [5.41, 5.74) is 1.20. The zero-order valence-electron chi connectivity index (χ0n) is 14.6. The number of aryl methyl sites for hydroxylation is 1. The Hall–Kier alpha value is -3.29. The number of rotatable bonds is 4. The Bertz CT molecular complexity index is 921. The number of nitrogens with zero attached hydrogens (tertiary/aromatic N) is 3. The van der Waals surface area contributed by atoms with E-state index >= 15 is 0 Å². The minimum Gasteiger partial charge on any atom is -0.475 e. The maximum Gasteiger partial charge on any atom is 0.292 e. The molecule has 0 atom stereocenters. The highest BCUT2D eigenvalue weighted by atomic mass is 16.6. The fourth-order valence-electron chi connectivity index (χ4n) is 2.50. The van der Waals surface area contributed by atoms with Crippen molar-refractivity contribution in [1.82, 2.24) is 4.98 Å². The SMILES string of the molecule is Cc1ncc(NC(=O)c2cccc(C3=NC(C)(C)CO3)c2)cc1[N+](=O)[O-]. The van der Waals surface area contributed by atoms with E-state index in [-0.39, 0.29) is 22.6 Å². The molecule has 1 aromatic carbocycles. The van der Waals surface area contributed by atoms with E-state index in [9.17, 15) is 14.9 Å². The molecule has 2 aromatic rings. The lowest BCUT2D eigenvalue weighted by molar-refractivity contribution is -0.385. The molecule has 0 bridgehead atoms. The van der Waals surface area contributed by atoms with Gasteiger partial charge in [-0.25, -0.2) is 4.99 Å². The van der Waals surface area contributed by atoms with Crippen LogP contribution in [0.2, 0.25) is 0 Å². The predicted molar refractivity (Wildman–Crippen MR) is 96.6 cm³/mol. The first-order valence-electron chi connectivity index (χ1n) is 8.01. The molecule has 0 fully saturated rings. The average molecular weight is 354 g/mol. The van der Waals surface area contributed by atoms with Gasteiger partial charge in [0.2, 0.25) is 5.90 Å². The third kappa shape index (κ3) is 3.69. The number of ether oxygens (including phenoxy) is 1. The Kier molecular flexibility index (Phi) is 4.41. The molecular formula is C18H18N4O4. The largest absolute Gasteiger partial charge is 0.475 e. The Morgan fingerprint density at radius 1 is 1.35 bits per heavy atom. The summed E-state index contributed by atoms with van der Waals surface area (Å²) < 4.78 is 5.60. The second-order valence-electron chi connectivity index (χ2n) is 6.64. The molecule has 8 nitrogen and oxygen atoms in total. The van der Waals surface area contributed by atoms with Gasteiger partial charge in [0.15, 0.2) is 0 Å². The zero-order chi connectivity index (χ0) is 18.9. The van der Waals surface area contributed by atoms with Gasteiger partial charge in [-0.15, -0.1) is 0 Å². The molecule has 1 aromatic heterocycles. The number of nitro groups is 1. The van der Waals surface area contributed by atoms with E-state index in [1.54, 1.807) is 18.2 Å². The quantitative estimate of drug-likeness (QED) is 0.670. The van der Waals surface area contributed by atoms with Crippen LogP contribution in [-0.2, 0) is 4.74 Å². The molecule has 0 saturated heterocycles. The number of carbonyl (C=O) groups is 1. The van der Waals surface area contributed by atoms with Crippen molar-refractivity contribution >= 4 is 23.2 Å². The third-order valence-electron chi connectivity index (χ3n) is 3.85. The number of carbonyl (C=O) groups excluding carboxylic acids is 1. The number of anilines is 1. The molecule has 0 unspecified atom stereocenters. The molecule has 1 aliphatic rings. The highest BCUT2D eigenvalue weighted by Gasteiger charge is 2.27. The van der Waals surface area contributed by atoms with E-state index in [1.807, 2.05) is 19.9 Å². The lowest BCUT2D eigenvalue weighted by atomic mass is 10.1. The van der Waals surface area contributed by atoms with Gasteiger partial charge in [0.05, 0.1) is 22.3 Å². The van der Waals surface area contributed by atoms with Crippen molar-refractivity contribution in [2.75, 3.05) is 11.9 Å². The van der Waals surface area contributed by atoms with Crippen LogP contribution in [0.5, 0.6) is 0 Å². The number of hydrogen-bond donors (Lipinski definition) is 1. The number of amides is 1. The normalized spacial score (nSPS) is 15.1. The maximum atomic E-state index is 12.5. The smallest absolute Gasteiger partial charge is 0.292 e. The highest BCUT2D eigenvalue weighted by Crippen LogP contribution is 2.22. The van der Waals surface area contributed by atoms with Gasteiger partial charge in [0, 0.05) is 17.2 Å². The summed E-state index contributed by atoms with van der Waals surface area (Å²) in [6.07, 6.45) is 1.39. The first-order valence-corrected chi connectivity index (χ1v) is 8.01. The number of pyridine rings is 1. The fourth-order valence-corrected chi connectivity index (χ4v) is 2.50. The summed E-state index contributed by atoms with van der Waals surface area (Å²) >= 11 is 0. The van der Waals surface area contributed by atoms with Crippen molar-refractivity contribution < 1.29 is 14.5 Å². The van der Waals surface area contributed by atoms with Crippen LogP contribution in [0.4, 0.5) is 11.4 Å². The van der Waals surface area contributed by atoms with Crippen molar-refractivity contribution in [3.8, 4) is 0 Å². The lowest BCUT2D eigenvalue weighted by Crippen LogP contribution is -2.17. The molecule has 1 N–H and O–H groups in total. The van der Waals surface area contributed by atoms with E-state index in [1.165, 1.54) is 19.2 Å². The molecule has 1 amide bonds. The number of aliphatic imine (C=N–C) groups is 1. The van der Waals surface area contributed by atoms with Crippen molar-refractivity contribution in [1.29, 1.82) is 0 Å². The molecular weight excluding hydrogens is 336 g/mol. The number of hydrogen-bond acceptors (Lipinski definition) is 6. The van der Waals surface area contributed by atoms with Crippen LogP contribution in [0, 0.1) is 17.0 Å². The second kappa shape index (κ2) is 6.55. The van der Waals surface area contributed by atoms with Gasteiger partial charge in [-0.1, -0.05) is 6.07 Å². The van der Waals surface area contributed by atoms with E-state index in [0.29, 0.717) is 23.6 Å². The fraction of sp³-hybridized carbons (Fsp3) is 0.278. The Morgan fingerprint density at radius 3 is 2.77 bits per heavy atom. The standard InChI is InChI=1S/C18H18N4O4/c1-11-15(22(24)25)8-14(9-19-11)20-16(23)12-5-4-6-13(7-12)17-21-18(2,3)10-26-17/h4-9H,10H2,1-3H3,(H,20,23). The van der Waals surface area contributed by atoms with E-state index in [2.05, 4.69) is 15.3 Å². The first kappa shape index (κ1) is 17.5. The number of nitrogens with one attached hydrogen (secondary N) is 1. The monoisotopic (exact) mass is 354 g/mol. The minimum absolute atomic E-state index is 0.146. The van der Waals surface area contributed by atoms with Gasteiger partial charge in [0.1, 0.15) is 12.3 Å². The van der Waals surface area contributed by atoms with Gasteiger partial charge in [-0.3, -0.25) is 19.9 Å². The Morgan fingerprint density at radius 2 is 2.12 bits per heavy atom. The van der Waals surface area contributed by atoms with E-state index in [4.69, 9.17) is 4.74 Å². The predicted octanol–water partition coefficient (Wildman–Crippen LogP) is 3.11. The first-order chi connectivity index (χ1) is 12.2. The Balaban J connectivity index is 1.82. The van der Waals surface area contributed by atoms with Crippen molar-refractivity contribution in [2.45, 2.75) is 26.3 Å². The molecule has 0 aliphatic carbocycles. The van der Waals surface area contributed by atoms with Crippen LogP contribution in [0.25, 0.3) is 0 Å². The topological polar surface area (TPSA) is 107 Å². The van der Waals surface area contributed by atoms with Gasteiger partial charge in [0.25, 0.3) is 11.6 Å². The molecule has 0 radical (unpaired) electrons. The van der Waals surface area contributed by atoms with Crippen molar-refractivity contribution in [3.05, 3.63) is 63.5 Å². The van der Waals surface area contributed by atoms with Gasteiger partial charge >= 0.3 is 0 Å². The molecule has 3 rings (SSSR count). The molecule has 134 valence electrons. The zero-order valence-corrected chi connectivity index (χ0v) is 14.6. The maximum absolute atomic E-state index is 12.5. The van der Waals surface area contributed by atoms with Crippen molar-refractivity contribution in [3.63, 3.8) is 0 Å². The lowest BCUT2D eigenvalue weighted by Gasteiger charge is -2.08. The van der Waals surface area contributed by atoms with Gasteiger partial charge < -0.3 is 10.1 Å². The summed E-state index contributed by atoms with van der Waals surface area (Å²) in [5.74, 6) is 0.0990. The van der Waals surface area contributed by atoms with Crippen LogP contribution in [0.1, 0.15) is 35.5 Å². The minimum atomic E-state index is -0.532. The van der Waals surface area contributed by atoms with Crippen LogP contribution in [0.3, 0.4) is 0 Å². The molecule has 2 heterocycles. The molecule has 0 saturated carbocycles. The van der Waals surface area contributed by atoms with E-state index < -0.39 is 10.8 Å². The van der Waals surface area contributed by atoms with Crippen molar-refractivity contribution in [2.24, 2.45) is 4.99 Å². The van der Waals surface area contributed by atoms with Crippen LogP contribution >= 0.6 is 0 Å². The van der Waals surface area contributed by atoms with Crippen LogP contribution in [0.15, 0.2) is 41.5 Å². The summed E-state index contributed by atoms with van der Waals surface area (Å²) in [6.45, 7) is 5.95. The van der Waals surface area contributed by atoms with Crippen LogP contribution in [-0.4, -0.2) is 33.9 Å². The Labute approximate surface area is 150 Å². The summed E-state index contributed by atoms with van der Waals surface area (Å²) in [4.78, 5) is 31.4. The number of benzene rings is 1. The van der Waals surface area contributed by atoms with Gasteiger partial charge in [-0.2, -0.15) is 0 Å². The molecule has 0 spiro atoms. The summed E-state index contributed by atoms with van der Waals surface area (Å²) in [5, 5.41) is 13.6. The average Bonchev–Trinajstić information content (AvgIpc) is 2.96.